The van der Waals surface area contributed by atoms with Crippen LogP contribution in [0.3, 0.4) is 0 Å². The smallest absolute Gasteiger partial charge is 0.243 e. The highest BCUT2D eigenvalue weighted by Gasteiger charge is 2.41. The van der Waals surface area contributed by atoms with Gasteiger partial charge in [-0.25, -0.2) is 13.2 Å². The SMILES string of the molecule is O=C(CNC(=O)C1(c2ccccc2)CCOCC1)Nc1ccc(F)c(F)c1F. The van der Waals surface area contributed by atoms with Crippen molar-refractivity contribution < 1.29 is 27.5 Å². The largest absolute Gasteiger partial charge is 0.381 e. The van der Waals surface area contributed by atoms with E-state index in [0.29, 0.717) is 32.1 Å². The Morgan fingerprint density at radius 1 is 0.964 bits per heavy atom. The third-order valence-electron chi connectivity index (χ3n) is 4.83. The summed E-state index contributed by atoms with van der Waals surface area (Å²) in [7, 11) is 0. The number of amides is 2. The molecule has 5 nitrogen and oxygen atoms in total. The van der Waals surface area contributed by atoms with E-state index in [4.69, 9.17) is 4.74 Å². The molecule has 2 aromatic carbocycles. The van der Waals surface area contributed by atoms with Crippen LogP contribution >= 0.6 is 0 Å². The minimum Gasteiger partial charge on any atom is -0.381 e. The van der Waals surface area contributed by atoms with Crippen LogP contribution in [0.4, 0.5) is 18.9 Å². The fraction of sp³-hybridized carbons (Fsp3) is 0.300. The van der Waals surface area contributed by atoms with Crippen LogP contribution in [0.2, 0.25) is 0 Å². The van der Waals surface area contributed by atoms with E-state index < -0.39 is 41.0 Å². The van der Waals surface area contributed by atoms with Crippen molar-refractivity contribution in [3.05, 3.63) is 65.5 Å². The van der Waals surface area contributed by atoms with E-state index in [9.17, 15) is 22.8 Å². The maximum atomic E-state index is 13.7. The molecule has 0 bridgehead atoms. The van der Waals surface area contributed by atoms with E-state index in [1.54, 1.807) is 0 Å². The van der Waals surface area contributed by atoms with Crippen molar-refractivity contribution in [3.63, 3.8) is 0 Å². The van der Waals surface area contributed by atoms with Crippen LogP contribution in [0.25, 0.3) is 0 Å². The van der Waals surface area contributed by atoms with Crippen LogP contribution in [0, 0.1) is 17.5 Å². The van der Waals surface area contributed by atoms with Crippen molar-refractivity contribution in [2.24, 2.45) is 0 Å². The number of nitrogens with one attached hydrogen (secondary N) is 2. The molecule has 1 aliphatic heterocycles. The van der Waals surface area contributed by atoms with E-state index in [1.807, 2.05) is 30.3 Å². The van der Waals surface area contributed by atoms with Gasteiger partial charge < -0.3 is 15.4 Å². The molecule has 3 rings (SSSR count). The quantitative estimate of drug-likeness (QED) is 0.769. The molecular weight excluding hydrogens is 373 g/mol. The van der Waals surface area contributed by atoms with Crippen molar-refractivity contribution in [3.8, 4) is 0 Å². The topological polar surface area (TPSA) is 67.4 Å². The van der Waals surface area contributed by atoms with Crippen LogP contribution in [0.5, 0.6) is 0 Å². The molecule has 8 heteroatoms. The number of ether oxygens (including phenoxy) is 1. The van der Waals surface area contributed by atoms with Crippen LogP contribution in [-0.2, 0) is 19.7 Å². The second-order valence-corrected chi connectivity index (χ2v) is 6.51. The Morgan fingerprint density at radius 3 is 2.32 bits per heavy atom. The highest BCUT2D eigenvalue weighted by Crippen LogP contribution is 2.35. The van der Waals surface area contributed by atoms with Gasteiger partial charge in [0.25, 0.3) is 0 Å². The zero-order valence-electron chi connectivity index (χ0n) is 14.9. The van der Waals surface area contributed by atoms with Gasteiger partial charge in [0.05, 0.1) is 17.6 Å². The van der Waals surface area contributed by atoms with Gasteiger partial charge in [0, 0.05) is 13.2 Å². The molecule has 0 atom stereocenters. The van der Waals surface area contributed by atoms with Crippen molar-refractivity contribution in [2.75, 3.05) is 25.1 Å². The first-order valence-electron chi connectivity index (χ1n) is 8.79. The molecule has 28 heavy (non-hydrogen) atoms. The first-order chi connectivity index (χ1) is 13.4. The summed E-state index contributed by atoms with van der Waals surface area (Å²) in [6, 6.07) is 10.8. The van der Waals surface area contributed by atoms with Crippen LogP contribution < -0.4 is 10.6 Å². The minimum atomic E-state index is -1.67. The molecule has 2 aromatic rings. The lowest BCUT2D eigenvalue weighted by atomic mass is 9.73. The Bertz CT molecular complexity index is 868. The predicted octanol–water partition coefficient (Wildman–Crippen LogP) is 2.91. The van der Waals surface area contributed by atoms with E-state index in [-0.39, 0.29) is 5.91 Å². The summed E-state index contributed by atoms with van der Waals surface area (Å²) in [5, 5.41) is 4.69. The highest BCUT2D eigenvalue weighted by molar-refractivity contribution is 5.96. The third kappa shape index (κ3) is 4.01. The maximum absolute atomic E-state index is 13.7. The van der Waals surface area contributed by atoms with Gasteiger partial charge >= 0.3 is 0 Å². The zero-order valence-corrected chi connectivity index (χ0v) is 14.9. The van der Waals surface area contributed by atoms with Crippen LogP contribution in [0.15, 0.2) is 42.5 Å². The number of carbonyl (C=O) groups excluding carboxylic acids is 2. The molecule has 0 radical (unpaired) electrons. The average molecular weight is 392 g/mol. The number of anilines is 1. The number of rotatable bonds is 5. The molecule has 148 valence electrons. The molecule has 0 saturated carbocycles. The van der Waals surface area contributed by atoms with Crippen molar-refractivity contribution in [1.82, 2.24) is 5.32 Å². The van der Waals surface area contributed by atoms with Gasteiger partial charge in [0.2, 0.25) is 11.8 Å². The molecule has 0 unspecified atom stereocenters. The molecule has 2 N–H and O–H groups in total. The van der Waals surface area contributed by atoms with E-state index in [0.717, 1.165) is 11.6 Å². The average Bonchev–Trinajstić information content (AvgIpc) is 2.73. The van der Waals surface area contributed by atoms with Crippen LogP contribution in [-0.4, -0.2) is 31.6 Å². The molecular formula is C20H19F3N2O3. The van der Waals surface area contributed by atoms with E-state index in [1.165, 1.54) is 0 Å². The summed E-state index contributed by atoms with van der Waals surface area (Å²) in [6.07, 6.45) is 0.921. The normalized spacial score (nSPS) is 15.7. The van der Waals surface area contributed by atoms with Crippen molar-refractivity contribution >= 4 is 17.5 Å². The standard InChI is InChI=1S/C20H19F3N2O3/c21-14-6-7-15(18(23)17(14)22)25-16(26)12-24-19(27)20(8-10-28-11-9-20)13-4-2-1-3-5-13/h1-7H,8-12H2,(H,24,27)(H,25,26). The maximum Gasteiger partial charge on any atom is 0.243 e. The molecule has 1 heterocycles. The highest BCUT2D eigenvalue weighted by atomic mass is 19.2. The first-order valence-corrected chi connectivity index (χ1v) is 8.79. The molecule has 1 saturated heterocycles. The number of halogens is 3. The van der Waals surface area contributed by atoms with Crippen molar-refractivity contribution in [2.45, 2.75) is 18.3 Å². The lowest BCUT2D eigenvalue weighted by molar-refractivity contribution is -0.132. The summed E-state index contributed by atoms with van der Waals surface area (Å²) in [5.74, 6) is -5.62. The van der Waals surface area contributed by atoms with Gasteiger partial charge in [-0.05, 0) is 30.5 Å². The second kappa shape index (κ2) is 8.43. The molecule has 0 spiro atoms. The van der Waals surface area contributed by atoms with Gasteiger partial charge in [-0.2, -0.15) is 0 Å². The van der Waals surface area contributed by atoms with Gasteiger partial charge in [-0.15, -0.1) is 0 Å². The molecule has 1 aliphatic rings. The Morgan fingerprint density at radius 2 is 1.64 bits per heavy atom. The summed E-state index contributed by atoms with van der Waals surface area (Å²) >= 11 is 0. The number of hydrogen-bond acceptors (Lipinski definition) is 3. The lowest BCUT2D eigenvalue weighted by Gasteiger charge is -2.36. The van der Waals surface area contributed by atoms with Gasteiger partial charge in [-0.3, -0.25) is 9.59 Å². The molecule has 2 amide bonds. The van der Waals surface area contributed by atoms with Gasteiger partial charge in [0.15, 0.2) is 17.5 Å². The van der Waals surface area contributed by atoms with Gasteiger partial charge in [0.1, 0.15) is 0 Å². The van der Waals surface area contributed by atoms with Gasteiger partial charge in [-0.1, -0.05) is 30.3 Å². The summed E-state index contributed by atoms with van der Waals surface area (Å²) in [6.45, 7) is 0.385. The Kier molecular flexibility index (Phi) is 5.99. The van der Waals surface area contributed by atoms with E-state index >= 15 is 0 Å². The number of carbonyl (C=O) groups is 2. The number of hydrogen-bond donors (Lipinski definition) is 2. The lowest BCUT2D eigenvalue weighted by Crippen LogP contribution is -2.49. The zero-order chi connectivity index (χ0) is 20.1. The third-order valence-corrected chi connectivity index (χ3v) is 4.83. The van der Waals surface area contributed by atoms with Crippen LogP contribution in [0.1, 0.15) is 18.4 Å². The molecule has 0 aromatic heterocycles. The Hall–Kier alpha value is -2.87. The summed E-state index contributed by atoms with van der Waals surface area (Å²) in [4.78, 5) is 25.0. The fourth-order valence-electron chi connectivity index (χ4n) is 3.27. The minimum absolute atomic E-state index is 0.345. The fourth-order valence-corrected chi connectivity index (χ4v) is 3.27. The molecule has 0 aliphatic carbocycles. The Balaban J connectivity index is 1.68. The molecule has 1 fully saturated rings. The van der Waals surface area contributed by atoms with Crippen molar-refractivity contribution in [1.29, 1.82) is 0 Å². The van der Waals surface area contributed by atoms with E-state index in [2.05, 4.69) is 10.6 Å². The first kappa shape index (κ1) is 19.9. The summed E-state index contributed by atoms with van der Waals surface area (Å²) in [5.41, 5.74) is -0.502. The predicted molar refractivity (Wildman–Crippen MR) is 96.1 cm³/mol. The summed E-state index contributed by atoms with van der Waals surface area (Å²) < 4.78 is 45.3. The monoisotopic (exact) mass is 392 g/mol. The number of benzene rings is 2. The Labute approximate surface area is 159 Å². The second-order valence-electron chi connectivity index (χ2n) is 6.51.